The summed E-state index contributed by atoms with van der Waals surface area (Å²) in [5, 5.41) is 6.51. The molecule has 1 aromatic rings. The third-order valence-electron chi connectivity index (χ3n) is 4.41. The van der Waals surface area contributed by atoms with Crippen LogP contribution in [0, 0.1) is 5.41 Å². The number of H-pyrrole nitrogens is 1. The average Bonchev–Trinajstić information content (AvgIpc) is 2.90. The highest BCUT2D eigenvalue weighted by molar-refractivity contribution is 5.88. The summed E-state index contributed by atoms with van der Waals surface area (Å²) in [5.74, 6) is 0.554. The molecule has 0 radical (unpaired) electrons. The number of nitrogens with one attached hydrogen (secondary N) is 1. The number of aromatic nitrogens is 3. The molecule has 0 bridgehead atoms. The first-order valence-electron chi connectivity index (χ1n) is 6.83. The number of nitrogens with two attached hydrogens (primary N) is 1. The minimum absolute atomic E-state index is 0.0279. The van der Waals surface area contributed by atoms with Gasteiger partial charge in [0.2, 0.25) is 5.91 Å². The van der Waals surface area contributed by atoms with Crippen molar-refractivity contribution < 1.29 is 9.53 Å². The standard InChI is InChI=1S/C13H23N5O2/c1-5-20-9-6-13(14,12(9,2)3)11(19)18(4)7-10-15-8-16-17-10/h8-9H,5-7,14H2,1-4H3,(H,15,16,17). The van der Waals surface area contributed by atoms with Crippen molar-refractivity contribution >= 4 is 5.91 Å². The summed E-state index contributed by atoms with van der Waals surface area (Å²) in [7, 11) is 1.73. The Bertz CT molecular complexity index is 473. The van der Waals surface area contributed by atoms with Gasteiger partial charge in [-0.1, -0.05) is 13.8 Å². The number of nitrogens with zero attached hydrogens (tertiary/aromatic N) is 3. The van der Waals surface area contributed by atoms with Crippen LogP contribution in [-0.2, 0) is 16.1 Å². The first-order valence-corrected chi connectivity index (χ1v) is 6.83. The van der Waals surface area contributed by atoms with Gasteiger partial charge in [-0.15, -0.1) is 0 Å². The lowest BCUT2D eigenvalue weighted by Crippen LogP contribution is -2.75. The quantitative estimate of drug-likeness (QED) is 0.809. The molecule has 1 aliphatic rings. The molecule has 0 spiro atoms. The Morgan fingerprint density at radius 3 is 2.85 bits per heavy atom. The number of aromatic amines is 1. The van der Waals surface area contributed by atoms with Crippen LogP contribution in [0.1, 0.15) is 33.0 Å². The molecule has 2 atom stereocenters. The van der Waals surface area contributed by atoms with Crippen LogP contribution in [0.4, 0.5) is 0 Å². The van der Waals surface area contributed by atoms with Crippen LogP contribution in [0.2, 0.25) is 0 Å². The van der Waals surface area contributed by atoms with Crippen LogP contribution in [-0.4, -0.2) is 51.3 Å². The minimum atomic E-state index is -0.887. The van der Waals surface area contributed by atoms with E-state index in [1.165, 1.54) is 6.33 Å². The van der Waals surface area contributed by atoms with Crippen LogP contribution in [0.3, 0.4) is 0 Å². The number of likely N-dealkylation sites (N-methyl/N-ethyl adjacent to an activating group) is 1. The van der Waals surface area contributed by atoms with E-state index < -0.39 is 5.54 Å². The smallest absolute Gasteiger partial charge is 0.243 e. The fourth-order valence-corrected chi connectivity index (χ4v) is 2.74. The summed E-state index contributed by atoms with van der Waals surface area (Å²) in [4.78, 5) is 18.2. The van der Waals surface area contributed by atoms with Crippen molar-refractivity contribution in [2.24, 2.45) is 11.1 Å². The second kappa shape index (κ2) is 5.14. The second-order valence-electron chi connectivity index (χ2n) is 5.93. The molecule has 2 rings (SSSR count). The number of amides is 1. The molecule has 7 heteroatoms. The van der Waals surface area contributed by atoms with E-state index in [1.807, 2.05) is 20.8 Å². The van der Waals surface area contributed by atoms with Gasteiger partial charge < -0.3 is 15.4 Å². The lowest BCUT2D eigenvalue weighted by molar-refractivity contribution is -0.178. The highest BCUT2D eigenvalue weighted by Gasteiger charge is 2.63. The molecule has 0 saturated heterocycles. The van der Waals surface area contributed by atoms with Gasteiger partial charge in [-0.2, -0.15) is 5.10 Å². The maximum absolute atomic E-state index is 12.6. The molecule has 112 valence electrons. The molecule has 1 aromatic heterocycles. The Morgan fingerprint density at radius 1 is 1.65 bits per heavy atom. The maximum atomic E-state index is 12.6. The predicted molar refractivity (Wildman–Crippen MR) is 73.6 cm³/mol. The third kappa shape index (κ3) is 2.20. The van der Waals surface area contributed by atoms with E-state index in [4.69, 9.17) is 10.5 Å². The predicted octanol–water partition coefficient (Wildman–Crippen LogP) is 0.296. The van der Waals surface area contributed by atoms with Gasteiger partial charge in [0.05, 0.1) is 12.6 Å². The SMILES string of the molecule is CCOC1CC(N)(C(=O)N(C)Cc2ncn[nH]2)C1(C)C. The van der Waals surface area contributed by atoms with E-state index in [-0.39, 0.29) is 17.4 Å². The molecule has 0 aliphatic heterocycles. The molecule has 3 N–H and O–H groups in total. The van der Waals surface area contributed by atoms with Gasteiger partial charge in [-0.05, 0) is 6.92 Å². The highest BCUT2D eigenvalue weighted by atomic mass is 16.5. The van der Waals surface area contributed by atoms with Gasteiger partial charge in [0.1, 0.15) is 17.7 Å². The molecule has 1 aliphatic carbocycles. The van der Waals surface area contributed by atoms with Crippen molar-refractivity contribution in [1.29, 1.82) is 0 Å². The van der Waals surface area contributed by atoms with Gasteiger partial charge in [-0.25, -0.2) is 4.98 Å². The molecule has 1 heterocycles. The molecule has 0 aromatic carbocycles. The largest absolute Gasteiger partial charge is 0.378 e. The first kappa shape index (κ1) is 14.9. The fraction of sp³-hybridized carbons (Fsp3) is 0.769. The number of hydrogen-bond acceptors (Lipinski definition) is 5. The number of hydrogen-bond donors (Lipinski definition) is 2. The van der Waals surface area contributed by atoms with Crippen LogP contribution in [0.15, 0.2) is 6.33 Å². The third-order valence-corrected chi connectivity index (χ3v) is 4.41. The Balaban J connectivity index is 2.05. The van der Waals surface area contributed by atoms with Crippen LogP contribution in [0.25, 0.3) is 0 Å². The highest BCUT2D eigenvalue weighted by Crippen LogP contribution is 2.50. The maximum Gasteiger partial charge on any atom is 0.243 e. The summed E-state index contributed by atoms with van der Waals surface area (Å²) in [5.41, 5.74) is 5.09. The van der Waals surface area contributed by atoms with Crippen LogP contribution >= 0.6 is 0 Å². The second-order valence-corrected chi connectivity index (χ2v) is 5.93. The lowest BCUT2D eigenvalue weighted by Gasteiger charge is -2.58. The van der Waals surface area contributed by atoms with Crippen LogP contribution in [0.5, 0.6) is 0 Å². The minimum Gasteiger partial charge on any atom is -0.378 e. The van der Waals surface area contributed by atoms with Crippen molar-refractivity contribution in [2.45, 2.75) is 45.4 Å². The topological polar surface area (TPSA) is 97.1 Å². The van der Waals surface area contributed by atoms with Gasteiger partial charge in [0, 0.05) is 25.5 Å². The molecule has 20 heavy (non-hydrogen) atoms. The zero-order valence-electron chi connectivity index (χ0n) is 12.5. The monoisotopic (exact) mass is 281 g/mol. The Labute approximate surface area is 118 Å². The van der Waals surface area contributed by atoms with E-state index in [0.29, 0.717) is 25.4 Å². The molecule has 7 nitrogen and oxygen atoms in total. The Kier molecular flexibility index (Phi) is 3.84. The van der Waals surface area contributed by atoms with Crippen molar-refractivity contribution in [3.63, 3.8) is 0 Å². The summed E-state index contributed by atoms with van der Waals surface area (Å²) >= 11 is 0. The average molecular weight is 281 g/mol. The van der Waals surface area contributed by atoms with Gasteiger partial charge in [0.25, 0.3) is 0 Å². The summed E-state index contributed by atoms with van der Waals surface area (Å²) in [6.07, 6.45) is 2.00. The van der Waals surface area contributed by atoms with Gasteiger partial charge in [-0.3, -0.25) is 9.89 Å². The van der Waals surface area contributed by atoms with E-state index >= 15 is 0 Å². The summed E-state index contributed by atoms with van der Waals surface area (Å²) in [6, 6.07) is 0. The van der Waals surface area contributed by atoms with Crippen molar-refractivity contribution in [2.75, 3.05) is 13.7 Å². The Hall–Kier alpha value is -1.47. The van der Waals surface area contributed by atoms with E-state index in [1.54, 1.807) is 11.9 Å². The zero-order valence-corrected chi connectivity index (χ0v) is 12.5. The number of ether oxygens (including phenoxy) is 1. The van der Waals surface area contributed by atoms with Gasteiger partial charge in [0.15, 0.2) is 0 Å². The van der Waals surface area contributed by atoms with Gasteiger partial charge >= 0.3 is 0 Å². The van der Waals surface area contributed by atoms with Crippen molar-refractivity contribution in [3.8, 4) is 0 Å². The lowest BCUT2D eigenvalue weighted by atomic mass is 9.54. The fourth-order valence-electron chi connectivity index (χ4n) is 2.74. The number of carbonyl (C=O) groups excluding carboxylic acids is 1. The molecule has 2 unspecified atom stereocenters. The molecule has 1 fully saturated rings. The van der Waals surface area contributed by atoms with E-state index in [9.17, 15) is 4.79 Å². The van der Waals surface area contributed by atoms with Crippen LogP contribution < -0.4 is 5.73 Å². The normalized spacial score (nSPS) is 27.9. The van der Waals surface area contributed by atoms with E-state index in [2.05, 4.69) is 15.2 Å². The Morgan fingerprint density at radius 2 is 2.35 bits per heavy atom. The molecular formula is C13H23N5O2. The first-order chi connectivity index (χ1) is 9.33. The zero-order chi connectivity index (χ0) is 15.0. The molecule has 1 amide bonds. The summed E-state index contributed by atoms with van der Waals surface area (Å²) < 4.78 is 5.65. The summed E-state index contributed by atoms with van der Waals surface area (Å²) in [6.45, 7) is 6.91. The molecular weight excluding hydrogens is 258 g/mol. The van der Waals surface area contributed by atoms with E-state index in [0.717, 1.165) is 0 Å². The van der Waals surface area contributed by atoms with Crippen molar-refractivity contribution in [1.82, 2.24) is 20.1 Å². The molecule has 1 saturated carbocycles. The number of rotatable bonds is 5. The van der Waals surface area contributed by atoms with Crippen molar-refractivity contribution in [3.05, 3.63) is 12.2 Å². The number of carbonyl (C=O) groups is 1.